The van der Waals surface area contributed by atoms with E-state index in [0.29, 0.717) is 9.88 Å². The normalized spacial score (nSPS) is 20.3. The van der Waals surface area contributed by atoms with E-state index in [9.17, 15) is 13.2 Å². The molecule has 2 nitrogen and oxygen atoms in total. The van der Waals surface area contributed by atoms with Crippen LogP contribution in [0.3, 0.4) is 0 Å². The Bertz CT molecular complexity index is 428. The van der Waals surface area contributed by atoms with Gasteiger partial charge >= 0.3 is 6.18 Å². The molecule has 20 heavy (non-hydrogen) atoms. The van der Waals surface area contributed by atoms with E-state index in [0.717, 1.165) is 30.2 Å². The van der Waals surface area contributed by atoms with Crippen LogP contribution in [0.15, 0.2) is 0 Å². The smallest absolute Gasteiger partial charge is 0.312 e. The molecular formula is C12H17F3N2S3. The summed E-state index contributed by atoms with van der Waals surface area (Å²) in [5.41, 5.74) is -0.697. The zero-order valence-electron chi connectivity index (χ0n) is 11.1. The van der Waals surface area contributed by atoms with Gasteiger partial charge in [-0.3, -0.25) is 0 Å². The minimum absolute atomic E-state index is 0.111. The summed E-state index contributed by atoms with van der Waals surface area (Å²) in [6.45, 7) is 2.97. The van der Waals surface area contributed by atoms with Crippen LogP contribution in [0.25, 0.3) is 0 Å². The van der Waals surface area contributed by atoms with Crippen molar-refractivity contribution in [3.8, 4) is 0 Å². The van der Waals surface area contributed by atoms with Gasteiger partial charge in [0.05, 0.1) is 10.1 Å². The van der Waals surface area contributed by atoms with Crippen LogP contribution in [0.2, 0.25) is 0 Å². The average molecular weight is 342 g/mol. The highest BCUT2D eigenvalue weighted by Crippen LogP contribution is 2.42. The van der Waals surface area contributed by atoms with Crippen molar-refractivity contribution in [1.82, 2.24) is 10.3 Å². The summed E-state index contributed by atoms with van der Waals surface area (Å²) < 4.78 is 39.1. The van der Waals surface area contributed by atoms with E-state index in [-0.39, 0.29) is 11.8 Å². The van der Waals surface area contributed by atoms with Crippen LogP contribution in [-0.2, 0) is 12.7 Å². The van der Waals surface area contributed by atoms with Crippen LogP contribution in [0.1, 0.15) is 34.2 Å². The molecule has 1 fully saturated rings. The molecule has 1 aliphatic rings. The molecule has 2 heterocycles. The second-order valence-corrected chi connectivity index (χ2v) is 8.01. The molecule has 2 rings (SSSR count). The van der Waals surface area contributed by atoms with Crippen molar-refractivity contribution in [2.24, 2.45) is 0 Å². The molecule has 8 heteroatoms. The van der Waals surface area contributed by atoms with Gasteiger partial charge in [-0.15, -0.1) is 23.1 Å². The lowest BCUT2D eigenvalue weighted by atomic mass is 10.3. The Labute approximate surface area is 129 Å². The van der Waals surface area contributed by atoms with E-state index in [2.05, 4.69) is 10.3 Å². The Morgan fingerprint density at radius 2 is 2.15 bits per heavy atom. The molecule has 0 aromatic carbocycles. The van der Waals surface area contributed by atoms with E-state index >= 15 is 0 Å². The lowest BCUT2D eigenvalue weighted by Gasteiger charge is -2.18. The van der Waals surface area contributed by atoms with Crippen molar-refractivity contribution in [2.45, 2.75) is 31.3 Å². The minimum atomic E-state index is -4.36. The lowest BCUT2D eigenvalue weighted by molar-refractivity contribution is -0.141. The van der Waals surface area contributed by atoms with Gasteiger partial charge in [-0.2, -0.15) is 24.9 Å². The molecule has 0 radical (unpaired) electrons. The number of rotatable bonds is 5. The van der Waals surface area contributed by atoms with Gasteiger partial charge in [0, 0.05) is 23.8 Å². The monoisotopic (exact) mass is 342 g/mol. The number of thioether (sulfide) groups is 2. The van der Waals surface area contributed by atoms with Crippen LogP contribution < -0.4 is 5.32 Å². The first-order valence-electron chi connectivity index (χ1n) is 6.49. The van der Waals surface area contributed by atoms with Crippen LogP contribution in [0, 0.1) is 0 Å². The third-order valence-corrected chi connectivity index (χ3v) is 6.87. The molecule has 0 spiro atoms. The minimum Gasteiger partial charge on any atom is -0.312 e. The molecule has 1 atom stereocenters. The number of aromatic nitrogens is 1. The molecule has 0 saturated carbocycles. The summed E-state index contributed by atoms with van der Waals surface area (Å²) >= 11 is 4.72. The second kappa shape index (κ2) is 7.38. The fourth-order valence-corrected chi connectivity index (χ4v) is 5.90. The maximum Gasteiger partial charge on any atom is 0.434 e. The molecule has 1 aromatic heterocycles. The second-order valence-electron chi connectivity index (χ2n) is 4.43. The summed E-state index contributed by atoms with van der Waals surface area (Å²) in [5.74, 6) is 2.92. The van der Waals surface area contributed by atoms with E-state index in [1.807, 2.05) is 6.92 Å². The predicted octanol–water partition coefficient (Wildman–Crippen LogP) is 4.18. The standard InChI is InChI=1S/C12H17F3N2S3/c1-2-3-16-6-8-10(12(13,14)15)17-11(20-8)9-7-18-4-5-19-9/h9,16H,2-7H2,1H3. The van der Waals surface area contributed by atoms with Gasteiger partial charge in [0.15, 0.2) is 5.69 Å². The molecule has 0 amide bonds. The van der Waals surface area contributed by atoms with Gasteiger partial charge in [0.2, 0.25) is 0 Å². The van der Waals surface area contributed by atoms with Gasteiger partial charge in [0.1, 0.15) is 5.01 Å². The van der Waals surface area contributed by atoms with Gasteiger partial charge in [-0.05, 0) is 13.0 Å². The third kappa shape index (κ3) is 4.29. The molecule has 1 aromatic rings. The van der Waals surface area contributed by atoms with E-state index < -0.39 is 11.9 Å². The maximum atomic E-state index is 13.0. The predicted molar refractivity (Wildman–Crippen MR) is 81.6 cm³/mol. The summed E-state index contributed by atoms with van der Waals surface area (Å²) in [7, 11) is 0. The lowest BCUT2D eigenvalue weighted by Crippen LogP contribution is -2.17. The van der Waals surface area contributed by atoms with Crippen molar-refractivity contribution in [1.29, 1.82) is 0 Å². The summed E-state index contributed by atoms with van der Waals surface area (Å²) in [6, 6.07) is 0. The first kappa shape index (κ1) is 16.5. The van der Waals surface area contributed by atoms with Crippen LogP contribution in [0.5, 0.6) is 0 Å². The number of halogens is 3. The molecular weight excluding hydrogens is 325 g/mol. The molecule has 0 aliphatic carbocycles. The molecule has 114 valence electrons. The molecule has 1 unspecified atom stereocenters. The Balaban J connectivity index is 2.17. The number of thiazole rings is 1. The van der Waals surface area contributed by atoms with Crippen LogP contribution >= 0.6 is 34.9 Å². The van der Waals surface area contributed by atoms with Crippen molar-refractivity contribution >= 4 is 34.9 Å². The average Bonchev–Trinajstić information content (AvgIpc) is 2.84. The third-order valence-electron chi connectivity index (χ3n) is 2.79. The Hall–Kier alpha value is 0.0800. The van der Waals surface area contributed by atoms with Crippen molar-refractivity contribution < 1.29 is 13.2 Å². The van der Waals surface area contributed by atoms with Gasteiger partial charge in [0.25, 0.3) is 0 Å². The molecule has 1 saturated heterocycles. The van der Waals surface area contributed by atoms with Crippen molar-refractivity contribution in [2.75, 3.05) is 23.8 Å². The fourth-order valence-electron chi connectivity index (χ4n) is 1.86. The van der Waals surface area contributed by atoms with Crippen LogP contribution in [0.4, 0.5) is 13.2 Å². The first-order chi connectivity index (χ1) is 9.52. The summed E-state index contributed by atoms with van der Waals surface area (Å²) in [4.78, 5) is 4.22. The summed E-state index contributed by atoms with van der Waals surface area (Å²) in [6.07, 6.45) is -3.45. The highest BCUT2D eigenvalue weighted by molar-refractivity contribution is 8.06. The van der Waals surface area contributed by atoms with Gasteiger partial charge in [-0.25, -0.2) is 4.98 Å². The SMILES string of the molecule is CCCNCc1sc(C2CSCCS2)nc1C(F)(F)F. The molecule has 0 bridgehead atoms. The number of hydrogen-bond donors (Lipinski definition) is 1. The number of alkyl halides is 3. The van der Waals surface area contributed by atoms with E-state index in [1.54, 1.807) is 23.5 Å². The van der Waals surface area contributed by atoms with Gasteiger partial charge in [-0.1, -0.05) is 6.92 Å². The zero-order valence-corrected chi connectivity index (χ0v) is 13.6. The van der Waals surface area contributed by atoms with Gasteiger partial charge < -0.3 is 5.32 Å². The summed E-state index contributed by atoms with van der Waals surface area (Å²) in [5, 5.41) is 3.78. The topological polar surface area (TPSA) is 24.9 Å². The van der Waals surface area contributed by atoms with E-state index in [1.165, 1.54) is 11.3 Å². The van der Waals surface area contributed by atoms with Crippen LogP contribution in [-0.4, -0.2) is 28.8 Å². The molecule has 1 aliphatic heterocycles. The number of hydrogen-bond acceptors (Lipinski definition) is 5. The molecule has 1 N–H and O–H groups in total. The van der Waals surface area contributed by atoms with E-state index in [4.69, 9.17) is 0 Å². The first-order valence-corrected chi connectivity index (χ1v) is 9.51. The quantitative estimate of drug-likeness (QED) is 0.812. The largest absolute Gasteiger partial charge is 0.434 e. The Morgan fingerprint density at radius 1 is 1.35 bits per heavy atom. The Kier molecular flexibility index (Phi) is 6.07. The zero-order chi connectivity index (χ0) is 14.6. The maximum absolute atomic E-state index is 13.0. The van der Waals surface area contributed by atoms with Crippen molar-refractivity contribution in [3.63, 3.8) is 0 Å². The number of nitrogens with one attached hydrogen (secondary N) is 1. The number of nitrogens with zero attached hydrogens (tertiary/aromatic N) is 1. The highest BCUT2D eigenvalue weighted by Gasteiger charge is 2.38. The fraction of sp³-hybridized carbons (Fsp3) is 0.750. The highest BCUT2D eigenvalue weighted by atomic mass is 32.2. The van der Waals surface area contributed by atoms with Crippen molar-refractivity contribution in [3.05, 3.63) is 15.6 Å². The Morgan fingerprint density at radius 3 is 2.75 bits per heavy atom.